The zero-order valence-corrected chi connectivity index (χ0v) is 9.83. The maximum absolute atomic E-state index is 11.2. The first kappa shape index (κ1) is 11.9. The molecule has 1 aromatic rings. The molecule has 0 aliphatic rings. The summed E-state index contributed by atoms with van der Waals surface area (Å²) in [5, 5.41) is 10.5. The van der Waals surface area contributed by atoms with E-state index in [9.17, 15) is 14.9 Å². The molecule has 5 nitrogen and oxygen atoms in total. The number of nitro groups is 1. The van der Waals surface area contributed by atoms with Crippen LogP contribution < -0.4 is 0 Å². The third-order valence-corrected chi connectivity index (χ3v) is 3.09. The molecule has 15 heavy (non-hydrogen) atoms. The van der Waals surface area contributed by atoms with Gasteiger partial charge in [-0.2, -0.15) is 0 Å². The summed E-state index contributed by atoms with van der Waals surface area (Å²) in [6, 6.07) is 2.43. The lowest BCUT2D eigenvalue weighted by atomic mass is 10.2. The van der Waals surface area contributed by atoms with Crippen LogP contribution in [0, 0.1) is 10.1 Å². The van der Waals surface area contributed by atoms with E-state index in [-0.39, 0.29) is 20.7 Å². The van der Waals surface area contributed by atoms with Gasteiger partial charge >= 0.3 is 5.97 Å². The number of carbonyl (C=O) groups excluding carboxylic acids is 1. The van der Waals surface area contributed by atoms with E-state index in [1.54, 1.807) is 0 Å². The highest BCUT2D eigenvalue weighted by Crippen LogP contribution is 2.34. The van der Waals surface area contributed by atoms with Gasteiger partial charge in [0.2, 0.25) is 0 Å². The first-order valence-electron chi connectivity index (χ1n) is 3.69. The van der Waals surface area contributed by atoms with Gasteiger partial charge in [-0.05, 0) is 22.0 Å². The van der Waals surface area contributed by atoms with E-state index in [0.29, 0.717) is 0 Å². The van der Waals surface area contributed by atoms with Crippen LogP contribution in [0.25, 0.3) is 0 Å². The molecule has 0 amide bonds. The molecule has 0 saturated carbocycles. The zero-order valence-electron chi connectivity index (χ0n) is 7.49. The summed E-state index contributed by atoms with van der Waals surface area (Å²) in [5.41, 5.74) is -0.121. The third kappa shape index (κ3) is 2.27. The van der Waals surface area contributed by atoms with Crippen LogP contribution in [0.4, 0.5) is 5.69 Å². The van der Waals surface area contributed by atoms with E-state index in [1.165, 1.54) is 19.2 Å². The molecule has 0 N–H and O–H groups in total. The SMILES string of the molecule is COC(=O)c1ccc([N+](=O)[O-])c(Br)c1Cl. The molecule has 0 heterocycles. The van der Waals surface area contributed by atoms with Gasteiger partial charge in [0.15, 0.2) is 0 Å². The number of esters is 1. The maximum atomic E-state index is 11.2. The summed E-state index contributed by atoms with van der Waals surface area (Å²) in [4.78, 5) is 21.1. The van der Waals surface area contributed by atoms with E-state index in [1.807, 2.05) is 0 Å². The van der Waals surface area contributed by atoms with Crippen LogP contribution >= 0.6 is 27.5 Å². The van der Waals surface area contributed by atoms with E-state index >= 15 is 0 Å². The highest BCUT2D eigenvalue weighted by atomic mass is 79.9. The topological polar surface area (TPSA) is 69.4 Å². The van der Waals surface area contributed by atoms with Crippen molar-refractivity contribution in [1.82, 2.24) is 0 Å². The Morgan fingerprint density at radius 1 is 1.60 bits per heavy atom. The summed E-state index contributed by atoms with van der Waals surface area (Å²) in [6.45, 7) is 0. The van der Waals surface area contributed by atoms with Crippen molar-refractivity contribution in [2.45, 2.75) is 0 Å². The van der Waals surface area contributed by atoms with Gasteiger partial charge in [-0.25, -0.2) is 4.79 Å². The Bertz CT molecular complexity index is 435. The van der Waals surface area contributed by atoms with Crippen molar-refractivity contribution in [3.63, 3.8) is 0 Å². The van der Waals surface area contributed by atoms with Gasteiger partial charge in [0.25, 0.3) is 5.69 Å². The van der Waals surface area contributed by atoms with E-state index < -0.39 is 10.9 Å². The summed E-state index contributed by atoms with van der Waals surface area (Å²) in [5.74, 6) is -0.643. The number of methoxy groups -OCH3 is 1. The van der Waals surface area contributed by atoms with E-state index in [4.69, 9.17) is 11.6 Å². The Hall–Kier alpha value is -1.14. The van der Waals surface area contributed by atoms with Crippen LogP contribution in [0.3, 0.4) is 0 Å². The average Bonchev–Trinajstić information content (AvgIpc) is 2.20. The Morgan fingerprint density at radius 2 is 2.20 bits per heavy atom. The van der Waals surface area contributed by atoms with Gasteiger partial charge in [-0.3, -0.25) is 10.1 Å². The summed E-state index contributed by atoms with van der Waals surface area (Å²) in [7, 11) is 1.20. The molecule has 7 heteroatoms. The Balaban J connectivity index is 3.33. The van der Waals surface area contributed by atoms with Crippen molar-refractivity contribution < 1.29 is 14.5 Å². The fourth-order valence-corrected chi connectivity index (χ4v) is 1.68. The number of nitrogens with zero attached hydrogens (tertiary/aromatic N) is 1. The minimum absolute atomic E-state index is 0.0314. The second-order valence-electron chi connectivity index (χ2n) is 2.51. The average molecular weight is 294 g/mol. The second kappa shape index (κ2) is 4.59. The lowest BCUT2D eigenvalue weighted by Crippen LogP contribution is -2.03. The molecule has 0 bridgehead atoms. The quantitative estimate of drug-likeness (QED) is 0.478. The summed E-state index contributed by atoms with van der Waals surface area (Å²) < 4.78 is 4.53. The van der Waals surface area contributed by atoms with Crippen LogP contribution in [0.15, 0.2) is 16.6 Å². The second-order valence-corrected chi connectivity index (χ2v) is 3.68. The van der Waals surface area contributed by atoms with Crippen LogP contribution in [-0.2, 0) is 4.74 Å². The molecule has 0 aliphatic carbocycles. The molecule has 0 saturated heterocycles. The molecule has 0 unspecified atom stereocenters. The van der Waals surface area contributed by atoms with Crippen molar-refractivity contribution in [3.8, 4) is 0 Å². The van der Waals surface area contributed by atoms with Crippen LogP contribution in [0.5, 0.6) is 0 Å². The molecule has 0 atom stereocenters. The van der Waals surface area contributed by atoms with Crippen molar-refractivity contribution >= 4 is 39.2 Å². The first-order valence-corrected chi connectivity index (χ1v) is 4.86. The minimum Gasteiger partial charge on any atom is -0.465 e. The standard InChI is InChI=1S/C8H5BrClNO4/c1-15-8(12)4-2-3-5(11(13)14)6(9)7(4)10/h2-3H,1H3. The van der Waals surface area contributed by atoms with Crippen LogP contribution in [0.1, 0.15) is 10.4 Å². The number of hydrogen-bond acceptors (Lipinski definition) is 4. The number of rotatable bonds is 2. The van der Waals surface area contributed by atoms with Gasteiger partial charge in [0.1, 0.15) is 4.47 Å². The monoisotopic (exact) mass is 293 g/mol. The zero-order chi connectivity index (χ0) is 11.6. The Morgan fingerprint density at radius 3 is 2.67 bits per heavy atom. The molecule has 80 valence electrons. The number of ether oxygens (including phenoxy) is 1. The molecular formula is C8H5BrClNO4. The fraction of sp³-hybridized carbons (Fsp3) is 0.125. The molecule has 1 aromatic carbocycles. The molecule has 0 fully saturated rings. The van der Waals surface area contributed by atoms with Crippen LogP contribution in [-0.4, -0.2) is 18.0 Å². The summed E-state index contributed by atoms with van der Waals surface area (Å²) >= 11 is 8.71. The van der Waals surface area contributed by atoms with Gasteiger partial charge in [-0.1, -0.05) is 11.6 Å². The predicted octanol–water partition coefficient (Wildman–Crippen LogP) is 2.80. The number of hydrogen-bond donors (Lipinski definition) is 0. The normalized spacial score (nSPS) is 9.80. The lowest BCUT2D eigenvalue weighted by molar-refractivity contribution is -0.385. The largest absolute Gasteiger partial charge is 0.465 e. The molecule has 0 aliphatic heterocycles. The first-order chi connectivity index (χ1) is 6.99. The number of halogens is 2. The Kier molecular flexibility index (Phi) is 3.65. The van der Waals surface area contributed by atoms with Crippen molar-refractivity contribution in [2.75, 3.05) is 7.11 Å². The van der Waals surface area contributed by atoms with Gasteiger partial charge in [0.05, 0.1) is 22.6 Å². The van der Waals surface area contributed by atoms with Crippen molar-refractivity contribution in [1.29, 1.82) is 0 Å². The van der Waals surface area contributed by atoms with Crippen molar-refractivity contribution in [2.24, 2.45) is 0 Å². The minimum atomic E-state index is -0.643. The van der Waals surface area contributed by atoms with E-state index in [2.05, 4.69) is 20.7 Å². The molecule has 1 rings (SSSR count). The lowest BCUT2D eigenvalue weighted by Gasteiger charge is -2.03. The highest BCUT2D eigenvalue weighted by molar-refractivity contribution is 9.10. The van der Waals surface area contributed by atoms with Gasteiger partial charge in [0, 0.05) is 6.07 Å². The number of carbonyl (C=O) groups is 1. The van der Waals surface area contributed by atoms with Crippen molar-refractivity contribution in [3.05, 3.63) is 37.3 Å². The molecule has 0 spiro atoms. The number of nitro benzene ring substituents is 1. The van der Waals surface area contributed by atoms with E-state index in [0.717, 1.165) is 0 Å². The maximum Gasteiger partial charge on any atom is 0.339 e. The highest BCUT2D eigenvalue weighted by Gasteiger charge is 2.21. The third-order valence-electron chi connectivity index (χ3n) is 1.66. The Labute approximate surface area is 98.3 Å². The number of benzene rings is 1. The predicted molar refractivity (Wildman–Crippen MR) is 57.1 cm³/mol. The molecular weight excluding hydrogens is 289 g/mol. The van der Waals surface area contributed by atoms with Gasteiger partial charge < -0.3 is 4.74 Å². The fourth-order valence-electron chi connectivity index (χ4n) is 0.948. The molecule has 0 aromatic heterocycles. The molecule has 0 radical (unpaired) electrons. The smallest absolute Gasteiger partial charge is 0.339 e. The van der Waals surface area contributed by atoms with Crippen LogP contribution in [0.2, 0.25) is 5.02 Å². The van der Waals surface area contributed by atoms with Gasteiger partial charge in [-0.15, -0.1) is 0 Å². The summed E-state index contributed by atoms with van der Waals surface area (Å²) in [6.07, 6.45) is 0.